The van der Waals surface area contributed by atoms with E-state index in [1.165, 1.54) is 48.7 Å². The summed E-state index contributed by atoms with van der Waals surface area (Å²) in [6.07, 6.45) is 3.58. The number of carbonyl (C=O) groups excluding carboxylic acids is 1. The lowest BCUT2D eigenvalue weighted by molar-refractivity contribution is -0.113. The van der Waals surface area contributed by atoms with Crippen LogP contribution >= 0.6 is 15.9 Å². The topological polar surface area (TPSA) is 75.7 Å². The van der Waals surface area contributed by atoms with Gasteiger partial charge < -0.3 is 28.4 Å². The number of ether oxygens (including phenoxy) is 6. The molecule has 4 rings (SSSR count). The number of nitrogens with zero attached hydrogens (tertiary/aromatic N) is 1. The number of likely N-dealkylation sites (tertiary alicyclic amines) is 1. The SMILES string of the molecule is COc1cc(/C=C2\CN(Cc3ccc(Br)cc3F)C/C(=C\c3cc(OC)c(OC)c(OC)c3)C2=O)cc(OC)c1OC. The zero-order valence-electron chi connectivity index (χ0n) is 24.4. The van der Waals surface area contributed by atoms with Crippen molar-refractivity contribution in [2.75, 3.05) is 55.7 Å². The zero-order valence-corrected chi connectivity index (χ0v) is 26.0. The number of piperidine rings is 1. The summed E-state index contributed by atoms with van der Waals surface area (Å²) < 4.78 is 48.4. The van der Waals surface area contributed by atoms with E-state index in [2.05, 4.69) is 15.9 Å². The Balaban J connectivity index is 1.81. The first-order chi connectivity index (χ1) is 20.2. The number of ketones is 1. The zero-order chi connectivity index (χ0) is 30.4. The fourth-order valence-corrected chi connectivity index (χ4v) is 5.22. The lowest BCUT2D eigenvalue weighted by atomic mass is 9.93. The molecule has 1 aliphatic heterocycles. The third-order valence-corrected chi connectivity index (χ3v) is 7.33. The van der Waals surface area contributed by atoms with Gasteiger partial charge in [-0.25, -0.2) is 4.39 Å². The quantitative estimate of drug-likeness (QED) is 0.243. The van der Waals surface area contributed by atoms with Crippen LogP contribution in [-0.2, 0) is 11.3 Å². The molecular formula is C32H33BrFNO7. The summed E-state index contributed by atoms with van der Waals surface area (Å²) in [7, 11) is 9.20. The normalized spacial score (nSPS) is 15.6. The highest BCUT2D eigenvalue weighted by molar-refractivity contribution is 9.10. The van der Waals surface area contributed by atoms with Gasteiger partial charge in [-0.15, -0.1) is 0 Å². The number of carbonyl (C=O) groups is 1. The first-order valence-electron chi connectivity index (χ1n) is 13.0. The Morgan fingerprint density at radius 2 is 1.14 bits per heavy atom. The minimum atomic E-state index is -0.327. The second kappa shape index (κ2) is 13.8. The molecule has 0 N–H and O–H groups in total. The number of halogens is 2. The molecule has 0 radical (unpaired) electrons. The summed E-state index contributed by atoms with van der Waals surface area (Å²) in [5.74, 6) is 2.31. The fraction of sp³-hybridized carbons (Fsp3) is 0.281. The third kappa shape index (κ3) is 6.71. The predicted molar refractivity (Wildman–Crippen MR) is 163 cm³/mol. The summed E-state index contributed by atoms with van der Waals surface area (Å²) >= 11 is 3.31. The van der Waals surface area contributed by atoms with Gasteiger partial charge >= 0.3 is 0 Å². The largest absolute Gasteiger partial charge is 0.493 e. The molecule has 3 aromatic rings. The molecule has 0 bridgehead atoms. The standard InChI is InChI=1S/C32H33BrFNO7/c1-37-26-11-19(12-27(38-2)31(26)41-5)9-22-17-35(16-21-7-8-24(33)15-25(21)34)18-23(30(22)36)10-20-13-28(39-3)32(42-6)29(14-20)40-4/h7-15H,16-18H2,1-6H3/b22-9+,23-10+. The maximum Gasteiger partial charge on any atom is 0.203 e. The van der Waals surface area contributed by atoms with Crippen LogP contribution in [-0.4, -0.2) is 66.4 Å². The second-order valence-electron chi connectivity index (χ2n) is 9.47. The van der Waals surface area contributed by atoms with E-state index in [1.54, 1.807) is 48.6 Å². The minimum Gasteiger partial charge on any atom is -0.493 e. The van der Waals surface area contributed by atoms with Crippen LogP contribution in [0.2, 0.25) is 0 Å². The summed E-state index contributed by atoms with van der Waals surface area (Å²) in [6, 6.07) is 12.1. The Kier molecular flexibility index (Phi) is 10.1. The van der Waals surface area contributed by atoms with Gasteiger partial charge in [-0.3, -0.25) is 9.69 Å². The summed E-state index contributed by atoms with van der Waals surface area (Å²) in [4.78, 5) is 15.9. The summed E-state index contributed by atoms with van der Waals surface area (Å²) in [5, 5.41) is 0. The summed E-state index contributed by atoms with van der Waals surface area (Å²) in [6.45, 7) is 0.904. The van der Waals surface area contributed by atoms with Gasteiger partial charge in [0.05, 0.1) is 42.7 Å². The highest BCUT2D eigenvalue weighted by atomic mass is 79.9. The van der Waals surface area contributed by atoms with Crippen LogP contribution in [0, 0.1) is 5.82 Å². The van der Waals surface area contributed by atoms with E-state index < -0.39 is 0 Å². The van der Waals surface area contributed by atoms with E-state index in [0.717, 1.165) is 0 Å². The maximum absolute atomic E-state index is 14.8. The van der Waals surface area contributed by atoms with Crippen LogP contribution in [0.1, 0.15) is 16.7 Å². The van der Waals surface area contributed by atoms with Crippen molar-refractivity contribution in [3.8, 4) is 34.5 Å². The molecule has 222 valence electrons. The van der Waals surface area contributed by atoms with Crippen LogP contribution in [0.15, 0.2) is 58.1 Å². The molecule has 3 aromatic carbocycles. The molecule has 0 atom stereocenters. The number of hydrogen-bond donors (Lipinski definition) is 0. The van der Waals surface area contributed by atoms with Gasteiger partial charge in [0.2, 0.25) is 11.5 Å². The lowest BCUT2D eigenvalue weighted by Crippen LogP contribution is -2.37. The van der Waals surface area contributed by atoms with Crippen molar-refractivity contribution in [2.45, 2.75) is 6.54 Å². The van der Waals surface area contributed by atoms with Crippen molar-refractivity contribution >= 4 is 33.9 Å². The lowest BCUT2D eigenvalue weighted by Gasteiger charge is -2.30. The predicted octanol–water partition coefficient (Wildman–Crippen LogP) is 6.19. The fourth-order valence-electron chi connectivity index (χ4n) is 4.88. The molecule has 1 saturated heterocycles. The minimum absolute atomic E-state index is 0.134. The van der Waals surface area contributed by atoms with E-state index in [4.69, 9.17) is 28.4 Å². The number of rotatable bonds is 10. The molecule has 10 heteroatoms. The molecule has 8 nitrogen and oxygen atoms in total. The van der Waals surface area contributed by atoms with Crippen molar-refractivity contribution in [1.29, 1.82) is 0 Å². The highest BCUT2D eigenvalue weighted by Gasteiger charge is 2.28. The van der Waals surface area contributed by atoms with Gasteiger partial charge in [0, 0.05) is 40.8 Å². The molecule has 0 amide bonds. The summed E-state index contributed by atoms with van der Waals surface area (Å²) in [5.41, 5.74) is 2.94. The molecule has 0 aromatic heterocycles. The Labute approximate surface area is 253 Å². The van der Waals surface area contributed by atoms with Gasteiger partial charge in [0.1, 0.15) is 5.82 Å². The third-order valence-electron chi connectivity index (χ3n) is 6.84. The molecule has 42 heavy (non-hydrogen) atoms. The van der Waals surface area contributed by atoms with Crippen LogP contribution in [0.3, 0.4) is 0 Å². The molecule has 1 heterocycles. The number of methoxy groups -OCH3 is 6. The van der Waals surface area contributed by atoms with Gasteiger partial charge in [-0.1, -0.05) is 22.0 Å². The van der Waals surface area contributed by atoms with Crippen molar-refractivity contribution in [3.63, 3.8) is 0 Å². The van der Waals surface area contributed by atoms with Crippen molar-refractivity contribution in [1.82, 2.24) is 4.90 Å². The van der Waals surface area contributed by atoms with Crippen molar-refractivity contribution in [2.24, 2.45) is 0 Å². The van der Waals surface area contributed by atoms with Crippen LogP contribution in [0.5, 0.6) is 34.5 Å². The average molecular weight is 643 g/mol. The van der Waals surface area contributed by atoms with E-state index in [1.807, 2.05) is 4.90 Å². The van der Waals surface area contributed by atoms with Crippen LogP contribution in [0.25, 0.3) is 12.2 Å². The Hall–Kier alpha value is -4.02. The van der Waals surface area contributed by atoms with E-state index in [-0.39, 0.29) is 11.6 Å². The average Bonchev–Trinajstić information content (AvgIpc) is 2.99. The first-order valence-corrected chi connectivity index (χ1v) is 13.8. The van der Waals surface area contributed by atoms with E-state index in [0.29, 0.717) is 86.4 Å². The molecule has 0 unspecified atom stereocenters. The van der Waals surface area contributed by atoms with Crippen molar-refractivity contribution in [3.05, 3.63) is 80.6 Å². The number of hydrogen-bond acceptors (Lipinski definition) is 8. The molecule has 0 spiro atoms. The van der Waals surface area contributed by atoms with Gasteiger partial charge in [0.15, 0.2) is 28.8 Å². The Morgan fingerprint density at radius 3 is 1.50 bits per heavy atom. The molecule has 1 aliphatic rings. The van der Waals surface area contributed by atoms with Crippen molar-refractivity contribution < 1.29 is 37.6 Å². The molecule has 0 aliphatic carbocycles. The maximum atomic E-state index is 14.8. The smallest absolute Gasteiger partial charge is 0.203 e. The molecule has 0 saturated carbocycles. The Morgan fingerprint density at radius 1 is 0.714 bits per heavy atom. The number of benzene rings is 3. The first kappa shape index (κ1) is 30.9. The number of Topliss-reactive ketones (excluding diaryl/α,β-unsaturated/α-hetero) is 1. The van der Waals surface area contributed by atoms with E-state index >= 15 is 0 Å². The monoisotopic (exact) mass is 641 g/mol. The second-order valence-corrected chi connectivity index (χ2v) is 10.4. The van der Waals surface area contributed by atoms with Gasteiger partial charge in [-0.05, 0) is 59.7 Å². The van der Waals surface area contributed by atoms with Gasteiger partial charge in [0.25, 0.3) is 0 Å². The molecule has 1 fully saturated rings. The van der Waals surface area contributed by atoms with E-state index in [9.17, 15) is 9.18 Å². The molecular weight excluding hydrogens is 609 g/mol. The van der Waals surface area contributed by atoms with Crippen LogP contribution < -0.4 is 28.4 Å². The van der Waals surface area contributed by atoms with Gasteiger partial charge in [-0.2, -0.15) is 0 Å². The Bertz CT molecular complexity index is 1400. The highest BCUT2D eigenvalue weighted by Crippen LogP contribution is 2.40. The van der Waals surface area contributed by atoms with Crippen LogP contribution in [0.4, 0.5) is 4.39 Å².